The first-order chi connectivity index (χ1) is 12.0. The number of likely N-dealkylation sites (tertiary alicyclic amines) is 1. The quantitative estimate of drug-likeness (QED) is 0.778. The molecule has 1 aliphatic heterocycles. The van der Waals surface area contributed by atoms with Crippen LogP contribution in [-0.2, 0) is 0 Å². The molecule has 1 aliphatic rings. The van der Waals surface area contributed by atoms with Crippen LogP contribution in [0.1, 0.15) is 33.7 Å². The molecule has 8 heteroatoms. The van der Waals surface area contributed by atoms with Gasteiger partial charge in [-0.15, -0.1) is 0 Å². The molecule has 2 heterocycles. The minimum absolute atomic E-state index is 0.118. The van der Waals surface area contributed by atoms with Crippen LogP contribution in [0.4, 0.5) is 5.69 Å². The van der Waals surface area contributed by atoms with Gasteiger partial charge in [-0.25, -0.2) is 0 Å². The molecule has 3 N–H and O–H groups in total. The van der Waals surface area contributed by atoms with Crippen molar-refractivity contribution in [2.45, 2.75) is 18.9 Å². The van der Waals surface area contributed by atoms with Crippen LogP contribution in [-0.4, -0.2) is 53.1 Å². The maximum atomic E-state index is 12.5. The van der Waals surface area contributed by atoms with E-state index in [2.05, 4.69) is 32.8 Å². The number of halogens is 1. The first-order valence-electron chi connectivity index (χ1n) is 8.13. The fraction of sp³-hybridized carbons (Fsp3) is 0.353. The van der Waals surface area contributed by atoms with Crippen molar-refractivity contribution >= 4 is 29.1 Å². The zero-order valence-electron chi connectivity index (χ0n) is 13.9. The van der Waals surface area contributed by atoms with Crippen LogP contribution in [0.5, 0.6) is 0 Å². The lowest BCUT2D eigenvalue weighted by molar-refractivity contribution is 0.0912. The first kappa shape index (κ1) is 17.4. The van der Waals surface area contributed by atoms with Crippen molar-refractivity contribution in [3.63, 3.8) is 0 Å². The highest BCUT2D eigenvalue weighted by Crippen LogP contribution is 2.19. The summed E-state index contributed by atoms with van der Waals surface area (Å²) in [5.74, 6) is -0.689. The standard InChI is InChI=1S/C17H20ClN5O2/c1-23-8-6-11(7-9-23)20-17(25)15-14(10-19-22-15)21-16(24)12-4-2-3-5-13(12)18/h2-5,10-11H,6-9H2,1H3,(H,19,22)(H,20,25)(H,21,24). The number of H-pyrrole nitrogens is 1. The summed E-state index contributed by atoms with van der Waals surface area (Å²) in [6.07, 6.45) is 3.28. The number of carbonyl (C=O) groups is 2. The highest BCUT2D eigenvalue weighted by atomic mass is 35.5. The minimum atomic E-state index is -0.389. The lowest BCUT2D eigenvalue weighted by atomic mass is 10.1. The normalized spacial score (nSPS) is 15.8. The summed E-state index contributed by atoms with van der Waals surface area (Å²) >= 11 is 6.03. The molecule has 0 aliphatic carbocycles. The van der Waals surface area contributed by atoms with Gasteiger partial charge in [0.25, 0.3) is 11.8 Å². The van der Waals surface area contributed by atoms with E-state index >= 15 is 0 Å². The molecule has 1 aromatic heterocycles. The highest BCUT2D eigenvalue weighted by Gasteiger charge is 2.23. The van der Waals surface area contributed by atoms with E-state index in [-0.39, 0.29) is 23.6 Å². The summed E-state index contributed by atoms with van der Waals surface area (Å²) in [6, 6.07) is 6.85. The van der Waals surface area contributed by atoms with Gasteiger partial charge in [0.05, 0.1) is 16.3 Å². The highest BCUT2D eigenvalue weighted by molar-refractivity contribution is 6.34. The van der Waals surface area contributed by atoms with Gasteiger partial charge in [0.2, 0.25) is 0 Å². The Bertz CT molecular complexity index is 768. The van der Waals surface area contributed by atoms with Gasteiger partial charge >= 0.3 is 0 Å². The molecule has 2 amide bonds. The van der Waals surface area contributed by atoms with Crippen LogP contribution in [0.25, 0.3) is 0 Å². The number of hydrogen-bond donors (Lipinski definition) is 3. The number of anilines is 1. The molecule has 1 fully saturated rings. The Balaban J connectivity index is 1.67. The lowest BCUT2D eigenvalue weighted by Gasteiger charge is -2.29. The number of carbonyl (C=O) groups excluding carboxylic acids is 2. The lowest BCUT2D eigenvalue weighted by Crippen LogP contribution is -2.43. The third-order valence-electron chi connectivity index (χ3n) is 4.28. The second-order valence-electron chi connectivity index (χ2n) is 6.13. The molecular weight excluding hydrogens is 342 g/mol. The van der Waals surface area contributed by atoms with Crippen molar-refractivity contribution < 1.29 is 9.59 Å². The van der Waals surface area contributed by atoms with E-state index in [0.29, 0.717) is 16.3 Å². The van der Waals surface area contributed by atoms with Gasteiger partial charge in [-0.1, -0.05) is 23.7 Å². The van der Waals surface area contributed by atoms with Gasteiger partial charge in [0, 0.05) is 12.2 Å². The Labute approximate surface area is 150 Å². The molecular formula is C17H20ClN5O2. The van der Waals surface area contributed by atoms with Crippen molar-refractivity contribution in [2.24, 2.45) is 0 Å². The zero-order valence-corrected chi connectivity index (χ0v) is 14.6. The maximum absolute atomic E-state index is 12.5. The first-order valence-corrected chi connectivity index (χ1v) is 8.51. The smallest absolute Gasteiger partial charge is 0.274 e. The maximum Gasteiger partial charge on any atom is 0.274 e. The predicted molar refractivity (Wildman–Crippen MR) is 96.0 cm³/mol. The largest absolute Gasteiger partial charge is 0.348 e. The van der Waals surface area contributed by atoms with Crippen LogP contribution < -0.4 is 10.6 Å². The van der Waals surface area contributed by atoms with E-state index in [1.807, 2.05) is 0 Å². The van der Waals surface area contributed by atoms with Crippen LogP contribution in [0.3, 0.4) is 0 Å². The molecule has 0 radical (unpaired) electrons. The zero-order chi connectivity index (χ0) is 17.8. The number of hydrogen-bond acceptors (Lipinski definition) is 4. The summed E-state index contributed by atoms with van der Waals surface area (Å²) in [6.45, 7) is 1.89. The van der Waals surface area contributed by atoms with Crippen molar-refractivity contribution in [3.8, 4) is 0 Å². The van der Waals surface area contributed by atoms with E-state index < -0.39 is 0 Å². The Hall–Kier alpha value is -2.38. The van der Waals surface area contributed by atoms with Crippen molar-refractivity contribution in [1.82, 2.24) is 20.4 Å². The Morgan fingerprint density at radius 2 is 1.96 bits per heavy atom. The average Bonchev–Trinajstić information content (AvgIpc) is 3.05. The van der Waals surface area contributed by atoms with Crippen molar-refractivity contribution in [1.29, 1.82) is 0 Å². The summed E-state index contributed by atoms with van der Waals surface area (Å²) in [7, 11) is 2.06. The number of aromatic amines is 1. The number of nitrogens with one attached hydrogen (secondary N) is 3. The van der Waals surface area contributed by atoms with E-state index in [4.69, 9.17) is 11.6 Å². The average molecular weight is 362 g/mol. The third-order valence-corrected chi connectivity index (χ3v) is 4.61. The number of aromatic nitrogens is 2. The van der Waals surface area contributed by atoms with Crippen LogP contribution >= 0.6 is 11.6 Å². The third kappa shape index (κ3) is 4.18. The second-order valence-corrected chi connectivity index (χ2v) is 6.54. The number of benzene rings is 1. The molecule has 3 rings (SSSR count). The predicted octanol–water partition coefficient (Wildman–Crippen LogP) is 2.14. The fourth-order valence-corrected chi connectivity index (χ4v) is 3.02. The topological polar surface area (TPSA) is 90.1 Å². The Morgan fingerprint density at radius 1 is 1.24 bits per heavy atom. The van der Waals surface area contributed by atoms with Gasteiger partial charge in [-0.2, -0.15) is 5.10 Å². The molecule has 0 atom stereocenters. The van der Waals surface area contributed by atoms with Crippen molar-refractivity contribution in [3.05, 3.63) is 46.7 Å². The van der Waals surface area contributed by atoms with E-state index in [0.717, 1.165) is 25.9 Å². The van der Waals surface area contributed by atoms with E-state index in [1.54, 1.807) is 24.3 Å². The molecule has 25 heavy (non-hydrogen) atoms. The van der Waals surface area contributed by atoms with E-state index in [1.165, 1.54) is 6.20 Å². The van der Waals surface area contributed by atoms with E-state index in [9.17, 15) is 9.59 Å². The Morgan fingerprint density at radius 3 is 2.68 bits per heavy atom. The number of piperidine rings is 1. The molecule has 7 nitrogen and oxygen atoms in total. The van der Waals surface area contributed by atoms with Crippen LogP contribution in [0, 0.1) is 0 Å². The summed E-state index contributed by atoms with van der Waals surface area (Å²) in [5.41, 5.74) is 0.835. The molecule has 0 bridgehead atoms. The van der Waals surface area contributed by atoms with Gasteiger partial charge in [-0.3, -0.25) is 14.7 Å². The number of nitrogens with zero attached hydrogens (tertiary/aromatic N) is 2. The monoisotopic (exact) mass is 361 g/mol. The summed E-state index contributed by atoms with van der Waals surface area (Å²) < 4.78 is 0. The summed E-state index contributed by atoms with van der Waals surface area (Å²) in [4.78, 5) is 27.1. The second kappa shape index (κ2) is 7.67. The van der Waals surface area contributed by atoms with Gasteiger partial charge in [-0.05, 0) is 45.1 Å². The van der Waals surface area contributed by atoms with Crippen molar-refractivity contribution in [2.75, 3.05) is 25.5 Å². The summed E-state index contributed by atoms with van der Waals surface area (Å²) in [5, 5.41) is 12.6. The SMILES string of the molecule is CN1CCC(NC(=O)c2n[nH]cc2NC(=O)c2ccccc2Cl)CC1. The molecule has 132 valence electrons. The molecule has 2 aromatic rings. The molecule has 0 unspecified atom stereocenters. The minimum Gasteiger partial charge on any atom is -0.348 e. The molecule has 1 saturated heterocycles. The Kier molecular flexibility index (Phi) is 5.35. The van der Waals surface area contributed by atoms with Gasteiger partial charge in [0.15, 0.2) is 5.69 Å². The van der Waals surface area contributed by atoms with Gasteiger partial charge < -0.3 is 15.5 Å². The molecule has 0 saturated carbocycles. The number of amides is 2. The van der Waals surface area contributed by atoms with Crippen LogP contribution in [0.15, 0.2) is 30.5 Å². The van der Waals surface area contributed by atoms with Crippen LogP contribution in [0.2, 0.25) is 5.02 Å². The number of rotatable bonds is 4. The van der Waals surface area contributed by atoms with Gasteiger partial charge in [0.1, 0.15) is 0 Å². The molecule has 1 aromatic carbocycles. The fourth-order valence-electron chi connectivity index (χ4n) is 2.80. The molecule has 0 spiro atoms.